The number of imide groups is 1. The van der Waals surface area contributed by atoms with Crippen LogP contribution in [-0.4, -0.2) is 70.6 Å². The SMILES string of the molecule is CCCCC(CCC)C(=O)OCc1ccc(NC(=O)[C@H](CCCNC(N)=O)NC(=O)[C@@H](NC(=O)C(C)(C)CC(C)(C)N2C(=O)C=CC2=O)C(C)C)cc1. The molecule has 0 spiro atoms. The number of ether oxygens (including phenoxy) is 1. The molecule has 1 aromatic carbocycles. The van der Waals surface area contributed by atoms with Crippen molar-refractivity contribution in [3.63, 3.8) is 0 Å². The van der Waals surface area contributed by atoms with E-state index >= 15 is 0 Å². The third-order valence-electron chi connectivity index (χ3n) is 9.22. The van der Waals surface area contributed by atoms with Gasteiger partial charge < -0.3 is 31.7 Å². The molecule has 14 nitrogen and oxygen atoms in total. The minimum atomic E-state index is -1.10. The van der Waals surface area contributed by atoms with Crippen molar-refractivity contribution < 1.29 is 38.3 Å². The standard InChI is InChI=1S/C39H60N6O8/c1-9-11-14-27(13-10-2)35(50)53-23-26-16-18-28(19-17-26)42-33(48)29(15-12-22-41-37(40)52)43-34(49)32(25(3)4)44-36(51)38(5,6)24-39(7,8)45-30(46)20-21-31(45)47/h16-21,25,27,29,32H,9-15,22-24H2,1-8H3,(H,42,48)(H,43,49)(H,44,51)(H3,40,41,52)/t27?,29-,32-/m0/s1. The lowest BCUT2D eigenvalue weighted by atomic mass is 9.78. The highest BCUT2D eigenvalue weighted by atomic mass is 16.5. The summed E-state index contributed by atoms with van der Waals surface area (Å²) in [7, 11) is 0. The molecule has 0 saturated carbocycles. The Bertz CT molecular complexity index is 1470. The lowest BCUT2D eigenvalue weighted by Crippen LogP contribution is -2.57. The van der Waals surface area contributed by atoms with Gasteiger partial charge in [0.05, 0.1) is 5.92 Å². The number of nitrogens with one attached hydrogen (secondary N) is 4. The lowest BCUT2D eigenvalue weighted by molar-refractivity contribution is -0.150. The number of benzene rings is 1. The molecule has 294 valence electrons. The second-order valence-corrected chi connectivity index (χ2v) is 15.3. The van der Waals surface area contributed by atoms with Gasteiger partial charge in [0, 0.05) is 35.3 Å². The van der Waals surface area contributed by atoms with E-state index in [0.29, 0.717) is 12.1 Å². The summed E-state index contributed by atoms with van der Waals surface area (Å²) in [4.78, 5) is 90.6. The molecule has 1 aliphatic rings. The van der Waals surface area contributed by atoms with Crippen LogP contribution in [0.15, 0.2) is 36.4 Å². The van der Waals surface area contributed by atoms with Crippen molar-refractivity contribution in [3.8, 4) is 0 Å². The number of carbonyl (C=O) groups excluding carboxylic acids is 7. The van der Waals surface area contributed by atoms with E-state index in [1.165, 1.54) is 12.2 Å². The molecule has 0 aliphatic carbocycles. The number of amides is 7. The van der Waals surface area contributed by atoms with Crippen LogP contribution in [0, 0.1) is 17.3 Å². The number of carbonyl (C=O) groups is 7. The third kappa shape index (κ3) is 14.0. The van der Waals surface area contributed by atoms with Gasteiger partial charge in [-0.3, -0.25) is 33.7 Å². The van der Waals surface area contributed by atoms with Crippen molar-refractivity contribution in [2.24, 2.45) is 23.0 Å². The highest BCUT2D eigenvalue weighted by Crippen LogP contribution is 2.34. The third-order valence-corrected chi connectivity index (χ3v) is 9.22. The molecule has 1 heterocycles. The van der Waals surface area contributed by atoms with Gasteiger partial charge in [-0.2, -0.15) is 0 Å². The molecular weight excluding hydrogens is 680 g/mol. The second-order valence-electron chi connectivity index (χ2n) is 15.3. The Morgan fingerprint density at radius 1 is 0.830 bits per heavy atom. The van der Waals surface area contributed by atoms with E-state index in [-0.39, 0.29) is 43.8 Å². The van der Waals surface area contributed by atoms with Gasteiger partial charge in [-0.1, -0.05) is 72.9 Å². The maximum Gasteiger partial charge on any atom is 0.312 e. The average Bonchev–Trinajstić information content (AvgIpc) is 3.43. The van der Waals surface area contributed by atoms with Crippen LogP contribution in [0.25, 0.3) is 0 Å². The normalized spacial score (nSPS) is 14.8. The highest BCUT2D eigenvalue weighted by molar-refractivity contribution is 6.13. The van der Waals surface area contributed by atoms with E-state index in [1.54, 1.807) is 65.8 Å². The number of esters is 1. The van der Waals surface area contributed by atoms with E-state index in [4.69, 9.17) is 10.5 Å². The Kier molecular flexibility index (Phi) is 17.2. The number of rotatable bonds is 22. The average molecular weight is 741 g/mol. The van der Waals surface area contributed by atoms with Gasteiger partial charge in [0.25, 0.3) is 11.8 Å². The Morgan fingerprint density at radius 3 is 2.00 bits per heavy atom. The number of urea groups is 1. The Morgan fingerprint density at radius 2 is 1.45 bits per heavy atom. The maximum atomic E-state index is 13.7. The van der Waals surface area contributed by atoms with Crippen molar-refractivity contribution in [2.45, 2.75) is 131 Å². The van der Waals surface area contributed by atoms with Crippen LogP contribution in [0.4, 0.5) is 10.5 Å². The fraction of sp³-hybridized carbons (Fsp3) is 0.615. The molecule has 0 fully saturated rings. The molecule has 2 rings (SSSR count). The number of hydrogen-bond acceptors (Lipinski definition) is 8. The first-order valence-electron chi connectivity index (χ1n) is 18.6. The summed E-state index contributed by atoms with van der Waals surface area (Å²) in [5.74, 6) is -3.19. The molecule has 1 unspecified atom stereocenters. The summed E-state index contributed by atoms with van der Waals surface area (Å²) in [6.07, 6.45) is 7.42. The lowest BCUT2D eigenvalue weighted by Gasteiger charge is -2.40. The molecular formula is C39H60N6O8. The summed E-state index contributed by atoms with van der Waals surface area (Å²) in [6, 6.07) is 4.06. The first kappa shape index (κ1) is 44.4. The Balaban J connectivity index is 2.13. The number of nitrogens with zero attached hydrogens (tertiary/aromatic N) is 1. The van der Waals surface area contributed by atoms with Crippen LogP contribution in [0.1, 0.15) is 112 Å². The minimum Gasteiger partial charge on any atom is -0.461 e. The second kappa shape index (κ2) is 20.5. The molecule has 6 N–H and O–H groups in total. The van der Waals surface area contributed by atoms with Crippen molar-refractivity contribution in [3.05, 3.63) is 42.0 Å². The highest BCUT2D eigenvalue weighted by Gasteiger charge is 2.44. The topological polar surface area (TPSA) is 206 Å². The van der Waals surface area contributed by atoms with Gasteiger partial charge in [0.15, 0.2) is 0 Å². The Hall–Kier alpha value is -4.75. The largest absolute Gasteiger partial charge is 0.461 e. The van der Waals surface area contributed by atoms with Crippen LogP contribution in [0.2, 0.25) is 0 Å². The van der Waals surface area contributed by atoms with Crippen molar-refractivity contribution in [2.75, 3.05) is 11.9 Å². The zero-order valence-corrected chi connectivity index (χ0v) is 32.6. The summed E-state index contributed by atoms with van der Waals surface area (Å²) >= 11 is 0. The first-order valence-corrected chi connectivity index (χ1v) is 18.6. The van der Waals surface area contributed by atoms with Gasteiger partial charge in [-0.15, -0.1) is 0 Å². The minimum absolute atomic E-state index is 0.104. The zero-order valence-electron chi connectivity index (χ0n) is 32.6. The summed E-state index contributed by atoms with van der Waals surface area (Å²) in [5, 5.41) is 10.9. The van der Waals surface area contributed by atoms with Gasteiger partial charge in [0.2, 0.25) is 17.7 Å². The van der Waals surface area contributed by atoms with Crippen LogP contribution >= 0.6 is 0 Å². The van der Waals surface area contributed by atoms with Crippen molar-refractivity contribution in [1.29, 1.82) is 0 Å². The number of primary amides is 1. The molecule has 1 aliphatic heterocycles. The number of unbranched alkanes of at least 4 members (excludes halogenated alkanes) is 1. The summed E-state index contributed by atoms with van der Waals surface area (Å²) in [5.41, 5.74) is 4.29. The van der Waals surface area contributed by atoms with Gasteiger partial charge in [0.1, 0.15) is 18.7 Å². The van der Waals surface area contributed by atoms with Crippen LogP contribution < -0.4 is 27.0 Å². The quantitative estimate of drug-likeness (QED) is 0.0650. The zero-order chi connectivity index (χ0) is 39.9. The van der Waals surface area contributed by atoms with Crippen LogP contribution in [-0.2, 0) is 40.1 Å². The Labute approximate surface area is 313 Å². The van der Waals surface area contributed by atoms with Gasteiger partial charge >= 0.3 is 12.0 Å². The molecule has 0 aromatic heterocycles. The number of hydrogen-bond donors (Lipinski definition) is 5. The van der Waals surface area contributed by atoms with Crippen molar-refractivity contribution in [1.82, 2.24) is 20.9 Å². The molecule has 7 amide bonds. The van der Waals surface area contributed by atoms with Crippen LogP contribution in [0.3, 0.4) is 0 Å². The number of nitrogens with two attached hydrogens (primary N) is 1. The predicted molar refractivity (Wildman–Crippen MR) is 202 cm³/mol. The summed E-state index contributed by atoms with van der Waals surface area (Å²) in [6.45, 7) is 14.7. The van der Waals surface area contributed by atoms with Gasteiger partial charge in [-0.05, 0) is 69.6 Å². The monoisotopic (exact) mass is 740 g/mol. The van der Waals surface area contributed by atoms with Gasteiger partial charge in [-0.25, -0.2) is 4.79 Å². The predicted octanol–water partition coefficient (Wildman–Crippen LogP) is 4.47. The molecule has 0 saturated heterocycles. The van der Waals surface area contributed by atoms with Crippen molar-refractivity contribution >= 4 is 47.2 Å². The van der Waals surface area contributed by atoms with E-state index in [0.717, 1.165) is 42.6 Å². The van der Waals surface area contributed by atoms with Crippen LogP contribution in [0.5, 0.6) is 0 Å². The summed E-state index contributed by atoms with van der Waals surface area (Å²) < 4.78 is 5.59. The molecule has 0 radical (unpaired) electrons. The molecule has 14 heteroatoms. The molecule has 1 aromatic rings. The molecule has 3 atom stereocenters. The van der Waals surface area contributed by atoms with E-state index < -0.39 is 58.6 Å². The fourth-order valence-corrected chi connectivity index (χ4v) is 6.52. The fourth-order valence-electron chi connectivity index (χ4n) is 6.52. The number of anilines is 1. The van der Waals surface area contributed by atoms with E-state index in [2.05, 4.69) is 28.2 Å². The van der Waals surface area contributed by atoms with E-state index in [1.807, 2.05) is 6.92 Å². The smallest absolute Gasteiger partial charge is 0.312 e. The maximum absolute atomic E-state index is 13.7. The first-order chi connectivity index (χ1) is 24.8. The van der Waals surface area contributed by atoms with E-state index in [9.17, 15) is 33.6 Å². The molecule has 0 bridgehead atoms. The molecule has 53 heavy (non-hydrogen) atoms.